The molecule has 2 saturated heterocycles. The van der Waals surface area contributed by atoms with Gasteiger partial charge in [0.2, 0.25) is 15.9 Å². The molecule has 4 rings (SSSR count). The molecule has 1 aromatic rings. The van der Waals surface area contributed by atoms with Gasteiger partial charge in [0.25, 0.3) is 0 Å². The van der Waals surface area contributed by atoms with E-state index in [1.54, 1.807) is 4.90 Å². The molecule has 2 aliphatic heterocycles. The van der Waals surface area contributed by atoms with Gasteiger partial charge in [0, 0.05) is 32.2 Å². The van der Waals surface area contributed by atoms with Crippen LogP contribution in [0.1, 0.15) is 25.7 Å². The van der Waals surface area contributed by atoms with E-state index in [9.17, 15) is 17.6 Å². The molecular formula is C18H25FN4O3S. The molecular weight excluding hydrogens is 371 g/mol. The summed E-state index contributed by atoms with van der Waals surface area (Å²) in [5.41, 5.74) is 6.34. The minimum absolute atomic E-state index is 0.0340. The molecule has 2 unspecified atom stereocenters. The highest BCUT2D eigenvalue weighted by Crippen LogP contribution is 2.35. The van der Waals surface area contributed by atoms with Gasteiger partial charge in [-0.05, 0) is 55.9 Å². The summed E-state index contributed by atoms with van der Waals surface area (Å²) in [6.07, 6.45) is 3.82. The summed E-state index contributed by atoms with van der Waals surface area (Å²) in [6, 6.07) is 4.98. The summed E-state index contributed by atoms with van der Waals surface area (Å²) in [6.45, 7) is 1.51. The maximum absolute atomic E-state index is 13.1. The van der Waals surface area contributed by atoms with Crippen LogP contribution in [0.3, 0.4) is 0 Å². The van der Waals surface area contributed by atoms with Crippen molar-refractivity contribution in [2.45, 2.75) is 42.7 Å². The molecule has 27 heavy (non-hydrogen) atoms. The molecule has 1 amide bonds. The molecule has 1 aromatic carbocycles. The standard InChI is InChI=1S/C18H25FN4O3S/c19-14-4-6-15(7-5-14)27(25,26)23-9-1-8-22(10-11-23)18(24)17-12-16(20-21-17)13-2-3-13/h4-7,13,16-17,20-21H,1-3,8-12H2. The van der Waals surface area contributed by atoms with Crippen LogP contribution >= 0.6 is 0 Å². The molecule has 1 saturated carbocycles. The van der Waals surface area contributed by atoms with Gasteiger partial charge >= 0.3 is 0 Å². The Labute approximate surface area is 158 Å². The smallest absolute Gasteiger partial charge is 0.243 e. The topological polar surface area (TPSA) is 81.8 Å². The van der Waals surface area contributed by atoms with Crippen molar-refractivity contribution in [2.24, 2.45) is 5.92 Å². The Morgan fingerprint density at radius 2 is 1.78 bits per heavy atom. The number of sulfonamides is 1. The number of amides is 1. The number of carbonyl (C=O) groups is 1. The van der Waals surface area contributed by atoms with E-state index in [0.29, 0.717) is 38.0 Å². The molecule has 3 aliphatic rings. The number of nitrogens with one attached hydrogen (secondary N) is 2. The Balaban J connectivity index is 1.38. The molecule has 2 atom stereocenters. The van der Waals surface area contributed by atoms with E-state index in [4.69, 9.17) is 0 Å². The summed E-state index contributed by atoms with van der Waals surface area (Å²) in [5, 5.41) is 0. The number of hydrogen-bond donors (Lipinski definition) is 2. The van der Waals surface area contributed by atoms with Gasteiger partial charge in [-0.25, -0.2) is 18.2 Å². The molecule has 0 aromatic heterocycles. The second kappa shape index (κ2) is 7.46. The van der Waals surface area contributed by atoms with Gasteiger partial charge in [-0.15, -0.1) is 0 Å². The summed E-state index contributed by atoms with van der Waals surface area (Å²) < 4.78 is 40.1. The Hall–Kier alpha value is -1.55. The first-order valence-electron chi connectivity index (χ1n) is 9.51. The zero-order chi connectivity index (χ0) is 19.0. The van der Waals surface area contributed by atoms with Crippen LogP contribution < -0.4 is 10.9 Å². The Bertz CT molecular complexity index is 797. The first-order chi connectivity index (χ1) is 12.9. The fourth-order valence-electron chi connectivity index (χ4n) is 3.88. The van der Waals surface area contributed by atoms with E-state index in [2.05, 4.69) is 10.9 Å². The third kappa shape index (κ3) is 4.01. The van der Waals surface area contributed by atoms with Crippen LogP contribution in [0.15, 0.2) is 29.2 Å². The molecule has 7 nitrogen and oxygen atoms in total. The van der Waals surface area contributed by atoms with Crippen molar-refractivity contribution in [3.8, 4) is 0 Å². The first kappa shape index (κ1) is 18.8. The lowest BCUT2D eigenvalue weighted by Crippen LogP contribution is -2.47. The fraction of sp³-hybridized carbons (Fsp3) is 0.611. The number of benzene rings is 1. The van der Waals surface area contributed by atoms with Gasteiger partial charge in [-0.1, -0.05) is 0 Å². The second-order valence-electron chi connectivity index (χ2n) is 7.56. The van der Waals surface area contributed by atoms with E-state index in [1.165, 1.54) is 29.3 Å². The summed E-state index contributed by atoms with van der Waals surface area (Å²) >= 11 is 0. The maximum Gasteiger partial charge on any atom is 0.243 e. The SMILES string of the molecule is O=C(C1CC(C2CC2)NN1)N1CCCN(S(=O)(=O)c2ccc(F)cc2)CC1. The number of rotatable bonds is 4. The number of hydrogen-bond acceptors (Lipinski definition) is 5. The minimum Gasteiger partial charge on any atom is -0.340 e. The summed E-state index contributed by atoms with van der Waals surface area (Å²) in [4.78, 5) is 14.7. The predicted molar refractivity (Wildman–Crippen MR) is 97.5 cm³/mol. The zero-order valence-electron chi connectivity index (χ0n) is 15.1. The van der Waals surface area contributed by atoms with E-state index in [1.807, 2.05) is 0 Å². The molecule has 148 valence electrons. The van der Waals surface area contributed by atoms with E-state index in [0.717, 1.165) is 18.6 Å². The van der Waals surface area contributed by atoms with Gasteiger partial charge in [0.05, 0.1) is 4.90 Å². The predicted octanol–water partition coefficient (Wildman–Crippen LogP) is 0.694. The van der Waals surface area contributed by atoms with E-state index < -0.39 is 15.8 Å². The highest BCUT2D eigenvalue weighted by atomic mass is 32.2. The van der Waals surface area contributed by atoms with Crippen LogP contribution in [0, 0.1) is 11.7 Å². The van der Waals surface area contributed by atoms with Crippen LogP contribution in [0.2, 0.25) is 0 Å². The zero-order valence-corrected chi connectivity index (χ0v) is 15.9. The average molecular weight is 396 g/mol. The number of carbonyl (C=O) groups excluding carboxylic acids is 1. The number of halogens is 1. The minimum atomic E-state index is -3.68. The van der Waals surface area contributed by atoms with Crippen molar-refractivity contribution in [3.63, 3.8) is 0 Å². The van der Waals surface area contributed by atoms with Crippen LogP contribution in [-0.4, -0.2) is 61.8 Å². The van der Waals surface area contributed by atoms with Crippen molar-refractivity contribution in [1.29, 1.82) is 0 Å². The molecule has 2 N–H and O–H groups in total. The molecule has 9 heteroatoms. The number of hydrazine groups is 1. The lowest BCUT2D eigenvalue weighted by atomic mass is 10.1. The first-order valence-corrected chi connectivity index (χ1v) is 10.9. The fourth-order valence-corrected chi connectivity index (χ4v) is 5.35. The van der Waals surface area contributed by atoms with Crippen LogP contribution in [0.4, 0.5) is 4.39 Å². The molecule has 2 heterocycles. The average Bonchev–Trinajstić information content (AvgIpc) is 3.44. The Morgan fingerprint density at radius 3 is 2.48 bits per heavy atom. The van der Waals surface area contributed by atoms with Gasteiger partial charge < -0.3 is 4.90 Å². The van der Waals surface area contributed by atoms with Crippen molar-refractivity contribution < 1.29 is 17.6 Å². The van der Waals surface area contributed by atoms with Gasteiger partial charge in [-0.2, -0.15) is 4.31 Å². The van der Waals surface area contributed by atoms with Gasteiger partial charge in [0.1, 0.15) is 11.9 Å². The van der Waals surface area contributed by atoms with Gasteiger partial charge in [-0.3, -0.25) is 10.2 Å². The van der Waals surface area contributed by atoms with E-state index in [-0.39, 0.29) is 23.4 Å². The Kier molecular flexibility index (Phi) is 5.19. The molecule has 0 bridgehead atoms. The van der Waals surface area contributed by atoms with Crippen LogP contribution in [-0.2, 0) is 14.8 Å². The number of nitrogens with zero attached hydrogens (tertiary/aromatic N) is 2. The van der Waals surface area contributed by atoms with Crippen molar-refractivity contribution in [3.05, 3.63) is 30.1 Å². The maximum atomic E-state index is 13.1. The summed E-state index contributed by atoms with van der Waals surface area (Å²) in [5.74, 6) is 0.242. The van der Waals surface area contributed by atoms with Crippen LogP contribution in [0.25, 0.3) is 0 Å². The largest absolute Gasteiger partial charge is 0.340 e. The highest BCUT2D eigenvalue weighted by Gasteiger charge is 2.40. The van der Waals surface area contributed by atoms with Crippen molar-refractivity contribution in [1.82, 2.24) is 20.1 Å². The third-order valence-corrected chi connectivity index (χ3v) is 7.55. The van der Waals surface area contributed by atoms with Crippen molar-refractivity contribution in [2.75, 3.05) is 26.2 Å². The molecule has 3 fully saturated rings. The summed E-state index contributed by atoms with van der Waals surface area (Å²) in [7, 11) is -3.68. The van der Waals surface area contributed by atoms with Crippen LogP contribution in [0.5, 0.6) is 0 Å². The lowest BCUT2D eigenvalue weighted by molar-refractivity contribution is -0.133. The quantitative estimate of drug-likeness (QED) is 0.783. The monoisotopic (exact) mass is 396 g/mol. The van der Waals surface area contributed by atoms with E-state index >= 15 is 0 Å². The van der Waals surface area contributed by atoms with Crippen molar-refractivity contribution >= 4 is 15.9 Å². The third-order valence-electron chi connectivity index (χ3n) is 5.64. The lowest BCUT2D eigenvalue weighted by Gasteiger charge is -2.24. The molecule has 0 spiro atoms. The molecule has 1 aliphatic carbocycles. The highest BCUT2D eigenvalue weighted by molar-refractivity contribution is 7.89. The second-order valence-corrected chi connectivity index (χ2v) is 9.50. The van der Waals surface area contributed by atoms with Gasteiger partial charge in [0.15, 0.2) is 0 Å². The normalized spacial score (nSPS) is 27.5. The molecule has 0 radical (unpaired) electrons. The Morgan fingerprint density at radius 1 is 1.04 bits per heavy atom.